The fourth-order valence-electron chi connectivity index (χ4n) is 2.04. The van der Waals surface area contributed by atoms with Gasteiger partial charge in [-0.1, -0.05) is 26.5 Å². The minimum absolute atomic E-state index is 0.492. The molecule has 1 heterocycles. The van der Waals surface area contributed by atoms with Gasteiger partial charge >= 0.3 is 0 Å². The molecule has 1 aliphatic carbocycles. The first-order valence-corrected chi connectivity index (χ1v) is 5.72. The Hall–Kier alpha value is -0.560. The lowest BCUT2D eigenvalue weighted by Crippen LogP contribution is -2.21. The van der Waals surface area contributed by atoms with E-state index in [1.165, 1.54) is 24.8 Å². The summed E-state index contributed by atoms with van der Waals surface area (Å²) in [6, 6.07) is 0. The monoisotopic (exact) mass is 192 g/mol. The summed E-state index contributed by atoms with van der Waals surface area (Å²) in [5.41, 5.74) is 3.43. The lowest BCUT2D eigenvalue weighted by atomic mass is 9.76. The number of hydrogen-bond donors (Lipinski definition) is 0. The summed E-state index contributed by atoms with van der Waals surface area (Å²) in [6.07, 6.45) is 5.82. The summed E-state index contributed by atoms with van der Waals surface area (Å²) >= 11 is 1.91. The molecule has 0 N–H and O–H groups in total. The number of aryl methyl sites for hydroxylation is 1. The second kappa shape index (κ2) is 2.98. The summed E-state index contributed by atoms with van der Waals surface area (Å²) in [4.78, 5) is 1.59. The van der Waals surface area contributed by atoms with Crippen molar-refractivity contribution >= 4 is 17.4 Å². The molecular weight excluding hydrogens is 176 g/mol. The van der Waals surface area contributed by atoms with Gasteiger partial charge in [0.25, 0.3) is 0 Å². The van der Waals surface area contributed by atoms with Crippen molar-refractivity contribution in [2.75, 3.05) is 0 Å². The molecular formula is C12H16S. The Morgan fingerprint density at radius 3 is 3.00 bits per heavy atom. The van der Waals surface area contributed by atoms with E-state index >= 15 is 0 Å². The van der Waals surface area contributed by atoms with E-state index in [4.69, 9.17) is 0 Å². The van der Waals surface area contributed by atoms with Crippen molar-refractivity contribution in [1.82, 2.24) is 0 Å². The fourth-order valence-corrected chi connectivity index (χ4v) is 3.10. The molecule has 1 aliphatic rings. The van der Waals surface area contributed by atoms with Gasteiger partial charge in [0.2, 0.25) is 0 Å². The molecule has 0 bridgehead atoms. The lowest BCUT2D eigenvalue weighted by Gasteiger charge is -2.29. The summed E-state index contributed by atoms with van der Waals surface area (Å²) in [5.74, 6) is 0. The smallest absolute Gasteiger partial charge is 0.00838 e. The molecule has 0 nitrogen and oxygen atoms in total. The van der Waals surface area contributed by atoms with Crippen LogP contribution in [0.15, 0.2) is 12.0 Å². The molecule has 70 valence electrons. The number of hydrogen-bond acceptors (Lipinski definition) is 1. The van der Waals surface area contributed by atoms with E-state index in [0.29, 0.717) is 5.41 Å². The van der Waals surface area contributed by atoms with Gasteiger partial charge < -0.3 is 0 Å². The van der Waals surface area contributed by atoms with E-state index < -0.39 is 0 Å². The highest BCUT2D eigenvalue weighted by molar-refractivity contribution is 7.10. The fraction of sp³-hybridized carbons (Fsp3) is 0.500. The zero-order chi connectivity index (χ0) is 9.47. The first-order valence-electron chi connectivity index (χ1n) is 4.84. The van der Waals surface area contributed by atoms with Crippen molar-refractivity contribution in [3.8, 4) is 0 Å². The summed E-state index contributed by atoms with van der Waals surface area (Å²) in [6.45, 7) is 8.59. The molecule has 0 radical (unpaired) electrons. The van der Waals surface area contributed by atoms with Crippen LogP contribution in [0, 0.1) is 5.41 Å². The third kappa shape index (κ3) is 1.58. The molecule has 0 saturated heterocycles. The van der Waals surface area contributed by atoms with Crippen LogP contribution in [-0.2, 0) is 12.8 Å². The van der Waals surface area contributed by atoms with Crippen LogP contribution in [-0.4, -0.2) is 0 Å². The second-order valence-corrected chi connectivity index (χ2v) is 5.60. The third-order valence-electron chi connectivity index (χ3n) is 2.92. The maximum Gasteiger partial charge on any atom is 0.00838 e. The van der Waals surface area contributed by atoms with Crippen LogP contribution in [0.25, 0.3) is 6.08 Å². The Labute approximate surface area is 84.3 Å². The average Bonchev–Trinajstić information content (AvgIpc) is 2.44. The zero-order valence-corrected chi connectivity index (χ0v) is 9.21. The molecule has 0 aliphatic heterocycles. The normalized spacial score (nSPS) is 19.5. The molecule has 0 amide bonds. The Bertz CT molecular complexity index is 331. The van der Waals surface area contributed by atoms with Gasteiger partial charge in [-0.25, -0.2) is 0 Å². The zero-order valence-electron chi connectivity index (χ0n) is 8.39. The van der Waals surface area contributed by atoms with Crippen LogP contribution in [0.3, 0.4) is 0 Å². The van der Waals surface area contributed by atoms with E-state index in [0.717, 1.165) is 0 Å². The topological polar surface area (TPSA) is 0 Å². The van der Waals surface area contributed by atoms with Crippen LogP contribution in [0.1, 0.15) is 36.3 Å². The molecule has 1 heteroatoms. The Kier molecular flexibility index (Phi) is 2.07. The minimum Gasteiger partial charge on any atom is -0.148 e. The van der Waals surface area contributed by atoms with Gasteiger partial charge in [-0.3, -0.25) is 0 Å². The molecule has 0 saturated carbocycles. The number of thiophene rings is 1. The van der Waals surface area contributed by atoms with E-state index in [1.807, 2.05) is 17.4 Å². The van der Waals surface area contributed by atoms with Crippen LogP contribution in [0.2, 0.25) is 0 Å². The van der Waals surface area contributed by atoms with Crippen molar-refractivity contribution < 1.29 is 0 Å². The second-order valence-electron chi connectivity index (χ2n) is 4.64. The largest absolute Gasteiger partial charge is 0.148 e. The molecule has 2 rings (SSSR count). The van der Waals surface area contributed by atoms with Crippen molar-refractivity contribution in [1.29, 1.82) is 0 Å². The van der Waals surface area contributed by atoms with E-state index in [9.17, 15) is 0 Å². The molecule has 0 atom stereocenters. The van der Waals surface area contributed by atoms with Gasteiger partial charge in [-0.2, -0.15) is 0 Å². The van der Waals surface area contributed by atoms with Crippen molar-refractivity contribution in [3.63, 3.8) is 0 Å². The molecule has 1 aromatic heterocycles. The third-order valence-corrected chi connectivity index (χ3v) is 4.02. The highest BCUT2D eigenvalue weighted by Gasteiger charge is 2.27. The number of rotatable bonds is 1. The minimum atomic E-state index is 0.492. The van der Waals surface area contributed by atoms with Gasteiger partial charge in [0.05, 0.1) is 0 Å². The maximum absolute atomic E-state index is 3.87. The van der Waals surface area contributed by atoms with E-state index in [2.05, 4.69) is 25.8 Å². The quantitative estimate of drug-likeness (QED) is 0.633. The van der Waals surface area contributed by atoms with Crippen molar-refractivity contribution in [3.05, 3.63) is 28.0 Å². The van der Waals surface area contributed by atoms with Crippen LogP contribution in [0.5, 0.6) is 0 Å². The molecule has 0 aromatic carbocycles. The van der Waals surface area contributed by atoms with Crippen molar-refractivity contribution in [2.45, 2.75) is 33.1 Å². The molecule has 0 unspecified atom stereocenters. The molecule has 13 heavy (non-hydrogen) atoms. The lowest BCUT2D eigenvalue weighted by molar-refractivity contribution is 0.318. The number of fused-ring (bicyclic) bond motifs is 1. The molecule has 0 fully saturated rings. The first kappa shape index (κ1) is 9.01. The molecule has 1 aromatic rings. The van der Waals surface area contributed by atoms with Gasteiger partial charge in [0.15, 0.2) is 0 Å². The van der Waals surface area contributed by atoms with Crippen LogP contribution in [0.4, 0.5) is 0 Å². The Balaban J connectivity index is 2.41. The van der Waals surface area contributed by atoms with Gasteiger partial charge in [0.1, 0.15) is 0 Å². The predicted molar refractivity (Wildman–Crippen MR) is 60.2 cm³/mol. The predicted octanol–water partition coefficient (Wildman–Crippen LogP) is 3.91. The standard InChI is InChI=1S/C12H16S/c1-4-9-8-13-11-5-6-12(2,3)7-10(9)11/h4,8H,1,5-7H2,2-3H3. The Morgan fingerprint density at radius 2 is 2.31 bits per heavy atom. The highest BCUT2D eigenvalue weighted by atomic mass is 32.1. The van der Waals surface area contributed by atoms with Gasteiger partial charge in [-0.05, 0) is 41.2 Å². The van der Waals surface area contributed by atoms with Crippen LogP contribution < -0.4 is 0 Å². The molecule has 0 spiro atoms. The Morgan fingerprint density at radius 1 is 1.54 bits per heavy atom. The van der Waals surface area contributed by atoms with Crippen LogP contribution >= 0.6 is 11.3 Å². The van der Waals surface area contributed by atoms with Gasteiger partial charge in [0, 0.05) is 4.88 Å². The SMILES string of the molecule is C=Cc1csc2c1CC(C)(C)CC2. The highest BCUT2D eigenvalue weighted by Crippen LogP contribution is 2.39. The van der Waals surface area contributed by atoms with Crippen molar-refractivity contribution in [2.24, 2.45) is 5.41 Å². The van der Waals surface area contributed by atoms with Gasteiger partial charge in [-0.15, -0.1) is 11.3 Å². The summed E-state index contributed by atoms with van der Waals surface area (Å²) in [7, 11) is 0. The average molecular weight is 192 g/mol. The van der Waals surface area contributed by atoms with E-state index in [-0.39, 0.29) is 0 Å². The first-order chi connectivity index (χ1) is 6.12. The van der Waals surface area contributed by atoms with E-state index in [1.54, 1.807) is 10.4 Å². The summed E-state index contributed by atoms with van der Waals surface area (Å²) in [5, 5.41) is 2.25. The summed E-state index contributed by atoms with van der Waals surface area (Å²) < 4.78 is 0. The maximum atomic E-state index is 3.87.